The van der Waals surface area contributed by atoms with E-state index in [-0.39, 0.29) is 12.1 Å². The van der Waals surface area contributed by atoms with Gasteiger partial charge in [0.15, 0.2) is 0 Å². The first-order valence-electron chi connectivity index (χ1n) is 8.00. The van der Waals surface area contributed by atoms with Crippen LogP contribution < -0.4 is 0 Å². The molecule has 2 heterocycles. The third kappa shape index (κ3) is 5.61. The fourth-order valence-electron chi connectivity index (χ4n) is 2.52. The summed E-state index contributed by atoms with van der Waals surface area (Å²) < 4.78 is 116. The fraction of sp³-hybridized carbons (Fsp3) is 0.353. The summed E-state index contributed by atoms with van der Waals surface area (Å²) in [6.45, 7) is 0. The normalized spacial score (nSPS) is 15.8. The molecule has 31 heavy (non-hydrogen) atoms. The van der Waals surface area contributed by atoms with Gasteiger partial charge in [-0.1, -0.05) is 0 Å². The highest BCUT2D eigenvalue weighted by Crippen LogP contribution is 2.39. The highest BCUT2D eigenvalue weighted by molar-refractivity contribution is 5.30. The number of pyridine rings is 2. The molecule has 0 aromatic carbocycles. The maximum atomic E-state index is 12.9. The standard InChI is InChI=1S/C17H10F9N3O2/c18-15(19,20)9-1-8(5-28-6-9)14(31)10(4-27)13(30)7-2-11(16(21,22)23)29-12(3-7)17(24,25)26/h1-3,5-6,10,13-14,30-31H. The number of rotatable bonds is 4. The Bertz CT molecular complexity index is 948. The lowest BCUT2D eigenvalue weighted by Crippen LogP contribution is -2.22. The number of alkyl halides is 9. The molecule has 0 fully saturated rings. The van der Waals surface area contributed by atoms with Crippen molar-refractivity contribution in [3.63, 3.8) is 0 Å². The lowest BCUT2D eigenvalue weighted by atomic mass is 9.88. The van der Waals surface area contributed by atoms with Crippen LogP contribution >= 0.6 is 0 Å². The van der Waals surface area contributed by atoms with Gasteiger partial charge in [-0.05, 0) is 23.8 Å². The lowest BCUT2D eigenvalue weighted by molar-refractivity contribution is -0.150. The molecule has 0 saturated heterocycles. The number of nitriles is 1. The Morgan fingerprint density at radius 2 is 1.23 bits per heavy atom. The molecule has 0 amide bonds. The average Bonchev–Trinajstić information content (AvgIpc) is 2.66. The molecule has 0 aliphatic carbocycles. The molecule has 3 unspecified atom stereocenters. The number of hydrogen-bond donors (Lipinski definition) is 2. The van der Waals surface area contributed by atoms with Crippen LogP contribution in [0.1, 0.15) is 40.3 Å². The van der Waals surface area contributed by atoms with Crippen molar-refractivity contribution in [2.75, 3.05) is 0 Å². The molecule has 3 atom stereocenters. The van der Waals surface area contributed by atoms with Crippen molar-refractivity contribution in [3.8, 4) is 6.07 Å². The van der Waals surface area contributed by atoms with Crippen LogP contribution in [0.25, 0.3) is 0 Å². The molecular formula is C17H10F9N3O2. The summed E-state index contributed by atoms with van der Waals surface area (Å²) in [7, 11) is 0. The second-order valence-electron chi connectivity index (χ2n) is 6.22. The summed E-state index contributed by atoms with van der Waals surface area (Å²) in [4.78, 5) is 5.68. The molecule has 0 saturated carbocycles. The summed E-state index contributed by atoms with van der Waals surface area (Å²) in [6, 6.07) is 1.75. The van der Waals surface area contributed by atoms with Gasteiger partial charge in [-0.2, -0.15) is 44.8 Å². The van der Waals surface area contributed by atoms with E-state index in [0.717, 1.165) is 0 Å². The second-order valence-corrected chi connectivity index (χ2v) is 6.22. The van der Waals surface area contributed by atoms with E-state index < -0.39 is 64.7 Å². The Morgan fingerprint density at radius 1 is 0.742 bits per heavy atom. The first-order valence-corrected chi connectivity index (χ1v) is 8.00. The van der Waals surface area contributed by atoms with Gasteiger partial charge in [-0.15, -0.1) is 0 Å². The molecule has 0 spiro atoms. The molecule has 0 aliphatic heterocycles. The fourth-order valence-corrected chi connectivity index (χ4v) is 2.52. The number of halogens is 9. The van der Waals surface area contributed by atoms with Gasteiger partial charge in [-0.25, -0.2) is 4.98 Å². The number of aromatic nitrogens is 2. The molecule has 0 radical (unpaired) electrons. The molecule has 5 nitrogen and oxygen atoms in total. The van der Waals surface area contributed by atoms with Crippen LogP contribution in [0.5, 0.6) is 0 Å². The van der Waals surface area contributed by atoms with Crippen molar-refractivity contribution < 1.29 is 49.7 Å². The largest absolute Gasteiger partial charge is 0.433 e. The topological polar surface area (TPSA) is 90.0 Å². The van der Waals surface area contributed by atoms with Gasteiger partial charge in [0.25, 0.3) is 0 Å². The molecule has 14 heteroatoms. The van der Waals surface area contributed by atoms with Crippen molar-refractivity contribution in [2.24, 2.45) is 5.92 Å². The highest BCUT2D eigenvalue weighted by Gasteiger charge is 2.41. The Balaban J connectivity index is 2.51. The van der Waals surface area contributed by atoms with Crippen molar-refractivity contribution in [1.29, 1.82) is 5.26 Å². The van der Waals surface area contributed by atoms with E-state index in [4.69, 9.17) is 0 Å². The molecule has 2 N–H and O–H groups in total. The van der Waals surface area contributed by atoms with Crippen LogP contribution in [0.15, 0.2) is 30.6 Å². The van der Waals surface area contributed by atoms with Crippen LogP contribution in [0.4, 0.5) is 39.5 Å². The van der Waals surface area contributed by atoms with Crippen LogP contribution in [0, 0.1) is 17.2 Å². The first-order chi connectivity index (χ1) is 14.1. The maximum Gasteiger partial charge on any atom is 0.433 e. The van der Waals surface area contributed by atoms with E-state index in [1.807, 2.05) is 0 Å². The molecule has 2 aromatic heterocycles. The zero-order valence-corrected chi connectivity index (χ0v) is 14.8. The quantitative estimate of drug-likeness (QED) is 0.660. The third-order valence-electron chi connectivity index (χ3n) is 4.03. The highest BCUT2D eigenvalue weighted by atomic mass is 19.4. The van der Waals surface area contributed by atoms with Gasteiger partial charge in [0.05, 0.1) is 23.8 Å². The molecule has 0 bridgehead atoms. The molecule has 0 aliphatic rings. The number of aliphatic hydroxyl groups excluding tert-OH is 2. The smallest absolute Gasteiger partial charge is 0.387 e. The van der Waals surface area contributed by atoms with E-state index in [1.165, 1.54) is 6.07 Å². The van der Waals surface area contributed by atoms with Crippen molar-refractivity contribution in [3.05, 3.63) is 58.7 Å². The Kier molecular flexibility index (Phi) is 6.53. The number of aliphatic hydroxyl groups is 2. The summed E-state index contributed by atoms with van der Waals surface area (Å²) in [5.74, 6) is -2.14. The monoisotopic (exact) mass is 459 g/mol. The Morgan fingerprint density at radius 3 is 1.65 bits per heavy atom. The molecule has 168 valence electrons. The van der Waals surface area contributed by atoms with E-state index >= 15 is 0 Å². The van der Waals surface area contributed by atoms with Crippen LogP contribution in [0.3, 0.4) is 0 Å². The predicted octanol–water partition coefficient (Wildman–Crippen LogP) is 4.44. The zero-order chi connectivity index (χ0) is 23.8. The molecule has 2 aromatic rings. The van der Waals surface area contributed by atoms with Gasteiger partial charge in [0.1, 0.15) is 17.3 Å². The van der Waals surface area contributed by atoms with Gasteiger partial charge in [0.2, 0.25) is 0 Å². The minimum atomic E-state index is -5.35. The Labute approximate surface area is 167 Å². The van der Waals surface area contributed by atoms with Gasteiger partial charge in [-0.3, -0.25) is 4.98 Å². The van der Waals surface area contributed by atoms with Crippen molar-refractivity contribution in [1.82, 2.24) is 9.97 Å². The molecule has 2 rings (SSSR count). The average molecular weight is 459 g/mol. The second kappa shape index (κ2) is 8.31. The van der Waals surface area contributed by atoms with E-state index in [1.54, 1.807) is 0 Å². The SMILES string of the molecule is N#CC(C(O)c1cncc(C(F)(F)F)c1)C(O)c1cc(C(F)(F)F)nc(C(F)(F)F)c1. The van der Waals surface area contributed by atoms with E-state index in [2.05, 4.69) is 9.97 Å². The Hall–Kier alpha value is -2.92. The van der Waals surface area contributed by atoms with E-state index in [0.29, 0.717) is 18.5 Å². The van der Waals surface area contributed by atoms with Crippen LogP contribution in [-0.4, -0.2) is 20.2 Å². The maximum absolute atomic E-state index is 12.9. The summed E-state index contributed by atoms with van der Waals surface area (Å²) in [5.41, 5.74) is -7.09. The minimum Gasteiger partial charge on any atom is -0.387 e. The first kappa shape index (κ1) is 24.4. The number of nitrogens with zero attached hydrogens (tertiary/aromatic N) is 3. The molecular weight excluding hydrogens is 449 g/mol. The lowest BCUT2D eigenvalue weighted by Gasteiger charge is -2.24. The number of hydrogen-bond acceptors (Lipinski definition) is 5. The minimum absolute atomic E-state index is 0.0430. The predicted molar refractivity (Wildman–Crippen MR) is 82.5 cm³/mol. The van der Waals surface area contributed by atoms with Gasteiger partial charge < -0.3 is 10.2 Å². The van der Waals surface area contributed by atoms with Crippen LogP contribution in [-0.2, 0) is 18.5 Å². The van der Waals surface area contributed by atoms with Crippen molar-refractivity contribution in [2.45, 2.75) is 30.7 Å². The van der Waals surface area contributed by atoms with Gasteiger partial charge in [0, 0.05) is 18.0 Å². The van der Waals surface area contributed by atoms with Crippen molar-refractivity contribution >= 4 is 0 Å². The summed E-state index contributed by atoms with van der Waals surface area (Å²) in [6.07, 6.45) is -19.2. The van der Waals surface area contributed by atoms with Crippen LogP contribution in [0.2, 0.25) is 0 Å². The van der Waals surface area contributed by atoms with Gasteiger partial charge >= 0.3 is 18.5 Å². The van der Waals surface area contributed by atoms with E-state index in [9.17, 15) is 55.0 Å². The summed E-state index contributed by atoms with van der Waals surface area (Å²) >= 11 is 0. The summed E-state index contributed by atoms with van der Waals surface area (Å²) in [5, 5.41) is 29.6. The third-order valence-corrected chi connectivity index (χ3v) is 4.03. The zero-order valence-electron chi connectivity index (χ0n) is 14.8.